The van der Waals surface area contributed by atoms with Crippen LogP contribution in [0.5, 0.6) is 0 Å². The number of rotatable bonds is 0. The lowest BCUT2D eigenvalue weighted by Gasteiger charge is -2.07. The third kappa shape index (κ3) is 0.492. The maximum absolute atomic E-state index is 11.6. The molecule has 0 amide bonds. The van der Waals surface area contributed by atoms with E-state index in [-0.39, 0.29) is 10.8 Å². The summed E-state index contributed by atoms with van der Waals surface area (Å²) in [7, 11) is 0. The van der Waals surface area contributed by atoms with Crippen LogP contribution in [0.1, 0.15) is 34.1 Å². The van der Waals surface area contributed by atoms with Gasteiger partial charge in [0.2, 0.25) is 0 Å². The van der Waals surface area contributed by atoms with Crippen LogP contribution in [0.4, 0.5) is 0 Å². The summed E-state index contributed by atoms with van der Waals surface area (Å²) in [5.41, 5.74) is 2.56. The molecule has 2 atom stereocenters. The van der Waals surface area contributed by atoms with E-state index in [4.69, 9.17) is 0 Å². The lowest BCUT2D eigenvalue weighted by Crippen LogP contribution is -2.11. The maximum atomic E-state index is 11.6. The summed E-state index contributed by atoms with van der Waals surface area (Å²) < 4.78 is 0. The Kier molecular flexibility index (Phi) is 0.935. The first-order valence-electron chi connectivity index (χ1n) is 4.16. The first-order valence-corrected chi connectivity index (χ1v) is 4.16. The van der Waals surface area contributed by atoms with Gasteiger partial charge in [0.15, 0.2) is 5.78 Å². The van der Waals surface area contributed by atoms with Gasteiger partial charge in [0.25, 0.3) is 0 Å². The fraction of sp³-hybridized carbons (Fsp3) is 0.700. The molecule has 0 aromatic heterocycles. The number of hydrogen-bond donors (Lipinski definition) is 0. The highest BCUT2D eigenvalue weighted by atomic mass is 16.1. The lowest BCUT2D eigenvalue weighted by atomic mass is 9.95. The van der Waals surface area contributed by atoms with Crippen molar-refractivity contribution in [2.24, 2.45) is 10.8 Å². The van der Waals surface area contributed by atoms with Gasteiger partial charge < -0.3 is 0 Å². The Morgan fingerprint density at radius 1 is 1.18 bits per heavy atom. The van der Waals surface area contributed by atoms with Crippen molar-refractivity contribution in [1.82, 2.24) is 0 Å². The highest BCUT2D eigenvalue weighted by Crippen LogP contribution is 2.72. The Bertz CT molecular complexity index is 287. The molecule has 1 fully saturated rings. The number of Topliss-reactive ketones (excluding diaryl/α,β-unsaturated/α-hetero) is 1. The maximum Gasteiger partial charge on any atom is 0.165 e. The average molecular weight is 150 g/mol. The molecular weight excluding hydrogens is 136 g/mol. The van der Waals surface area contributed by atoms with Crippen LogP contribution in [0.25, 0.3) is 0 Å². The predicted molar refractivity (Wildman–Crippen MR) is 44.2 cm³/mol. The molecule has 0 heterocycles. The van der Waals surface area contributed by atoms with E-state index in [2.05, 4.69) is 20.8 Å². The molecule has 0 radical (unpaired) electrons. The minimum atomic E-state index is -0.0127. The van der Waals surface area contributed by atoms with Crippen LogP contribution < -0.4 is 0 Å². The van der Waals surface area contributed by atoms with Crippen LogP contribution >= 0.6 is 0 Å². The zero-order valence-corrected chi connectivity index (χ0v) is 7.62. The monoisotopic (exact) mass is 150 g/mol. The van der Waals surface area contributed by atoms with Gasteiger partial charge in [0, 0.05) is 10.8 Å². The van der Waals surface area contributed by atoms with Crippen LogP contribution in [0.3, 0.4) is 0 Å². The Balaban J connectivity index is 2.57. The Morgan fingerprint density at radius 3 is 1.91 bits per heavy atom. The molecule has 0 bridgehead atoms. The first kappa shape index (κ1) is 7.08. The van der Waals surface area contributed by atoms with Gasteiger partial charge in [-0.15, -0.1) is 0 Å². The van der Waals surface area contributed by atoms with Gasteiger partial charge in [-0.2, -0.15) is 0 Å². The average Bonchev–Trinajstić information content (AvgIpc) is 2.49. The molecule has 0 aromatic carbocycles. The van der Waals surface area contributed by atoms with Gasteiger partial charge in [0.1, 0.15) is 0 Å². The molecule has 0 N–H and O–H groups in total. The zero-order chi connectivity index (χ0) is 8.44. The van der Waals surface area contributed by atoms with E-state index in [1.807, 2.05) is 6.92 Å². The molecule has 2 rings (SSSR count). The smallest absolute Gasteiger partial charge is 0.165 e. The third-order valence-electron chi connectivity index (χ3n) is 4.03. The minimum absolute atomic E-state index is 0.0127. The molecule has 2 unspecified atom stereocenters. The molecule has 0 aromatic rings. The van der Waals surface area contributed by atoms with E-state index >= 15 is 0 Å². The molecule has 60 valence electrons. The summed E-state index contributed by atoms with van der Waals surface area (Å²) in [6.07, 6.45) is 1.07. The molecular formula is C10H14O. The molecule has 1 saturated carbocycles. The standard InChI is InChI=1S/C10H14O/c1-6-7(2)9(3)5-10(9,4)8(6)11/h5H2,1-4H3. The Labute approximate surface area is 67.5 Å². The van der Waals surface area contributed by atoms with Gasteiger partial charge in [0.05, 0.1) is 0 Å². The van der Waals surface area contributed by atoms with Crippen molar-refractivity contribution in [2.75, 3.05) is 0 Å². The summed E-state index contributed by atoms with van der Waals surface area (Å²) in [5, 5.41) is 0. The van der Waals surface area contributed by atoms with Crippen molar-refractivity contribution in [3.63, 3.8) is 0 Å². The fourth-order valence-electron chi connectivity index (χ4n) is 2.54. The van der Waals surface area contributed by atoms with Gasteiger partial charge >= 0.3 is 0 Å². The summed E-state index contributed by atoms with van der Waals surface area (Å²) in [6, 6.07) is 0. The van der Waals surface area contributed by atoms with E-state index in [1.165, 1.54) is 5.57 Å². The molecule has 1 heteroatoms. The van der Waals surface area contributed by atoms with Gasteiger partial charge in [-0.25, -0.2) is 0 Å². The van der Waals surface area contributed by atoms with E-state index < -0.39 is 0 Å². The van der Waals surface area contributed by atoms with Crippen LogP contribution in [-0.4, -0.2) is 5.78 Å². The SMILES string of the molecule is CC1=C(C)C2(C)CC2(C)C1=O. The number of fused-ring (bicyclic) bond motifs is 1. The van der Waals surface area contributed by atoms with E-state index in [1.54, 1.807) is 0 Å². The minimum Gasteiger partial charge on any atom is -0.294 e. The van der Waals surface area contributed by atoms with Gasteiger partial charge in [-0.05, 0) is 25.8 Å². The summed E-state index contributed by atoms with van der Waals surface area (Å²) in [4.78, 5) is 11.6. The Hall–Kier alpha value is -0.590. The lowest BCUT2D eigenvalue weighted by molar-refractivity contribution is -0.119. The third-order valence-corrected chi connectivity index (χ3v) is 4.03. The van der Waals surface area contributed by atoms with Crippen molar-refractivity contribution in [1.29, 1.82) is 0 Å². The highest BCUT2D eigenvalue weighted by Gasteiger charge is 2.70. The fourth-order valence-corrected chi connectivity index (χ4v) is 2.54. The summed E-state index contributed by atoms with van der Waals surface area (Å²) in [5.74, 6) is 0.387. The van der Waals surface area contributed by atoms with Crippen molar-refractivity contribution < 1.29 is 4.79 Å². The molecule has 2 aliphatic rings. The van der Waals surface area contributed by atoms with Crippen LogP contribution in [-0.2, 0) is 4.79 Å². The van der Waals surface area contributed by atoms with Crippen LogP contribution in [0.2, 0.25) is 0 Å². The summed E-state index contributed by atoms with van der Waals surface area (Å²) in [6.45, 7) is 8.36. The van der Waals surface area contributed by atoms with Crippen molar-refractivity contribution in [3.8, 4) is 0 Å². The highest BCUT2D eigenvalue weighted by molar-refractivity contribution is 6.07. The number of carbonyl (C=O) groups excluding carboxylic acids is 1. The molecule has 0 saturated heterocycles. The van der Waals surface area contributed by atoms with Gasteiger partial charge in [-0.1, -0.05) is 19.4 Å². The molecule has 0 spiro atoms. The molecule has 0 aliphatic heterocycles. The van der Waals surface area contributed by atoms with Crippen LogP contribution in [0, 0.1) is 10.8 Å². The van der Waals surface area contributed by atoms with Crippen molar-refractivity contribution >= 4 is 5.78 Å². The van der Waals surface area contributed by atoms with Crippen molar-refractivity contribution in [2.45, 2.75) is 34.1 Å². The first-order chi connectivity index (χ1) is 4.93. The van der Waals surface area contributed by atoms with E-state index in [0.29, 0.717) is 5.78 Å². The second-order valence-electron chi connectivity index (χ2n) is 4.42. The number of allylic oxidation sites excluding steroid dienone is 2. The number of carbonyl (C=O) groups is 1. The normalized spacial score (nSPS) is 48.2. The molecule has 2 aliphatic carbocycles. The molecule has 1 nitrogen and oxygen atoms in total. The van der Waals surface area contributed by atoms with E-state index in [0.717, 1.165) is 12.0 Å². The second-order valence-corrected chi connectivity index (χ2v) is 4.42. The van der Waals surface area contributed by atoms with Gasteiger partial charge in [-0.3, -0.25) is 4.79 Å². The second kappa shape index (κ2) is 1.45. The number of ketones is 1. The Morgan fingerprint density at radius 2 is 1.73 bits per heavy atom. The zero-order valence-electron chi connectivity index (χ0n) is 7.62. The quantitative estimate of drug-likeness (QED) is 0.518. The van der Waals surface area contributed by atoms with Crippen molar-refractivity contribution in [3.05, 3.63) is 11.1 Å². The van der Waals surface area contributed by atoms with Crippen LogP contribution in [0.15, 0.2) is 11.1 Å². The predicted octanol–water partition coefficient (Wildman–Crippen LogP) is 2.32. The topological polar surface area (TPSA) is 17.1 Å². The number of hydrogen-bond acceptors (Lipinski definition) is 1. The van der Waals surface area contributed by atoms with E-state index in [9.17, 15) is 4.79 Å². The molecule has 11 heavy (non-hydrogen) atoms. The largest absolute Gasteiger partial charge is 0.294 e. The summed E-state index contributed by atoms with van der Waals surface area (Å²) >= 11 is 0.